The molecule has 1 aromatic carbocycles. The Morgan fingerprint density at radius 1 is 1.33 bits per heavy atom. The summed E-state index contributed by atoms with van der Waals surface area (Å²) < 4.78 is 32.2. The fourth-order valence-electron chi connectivity index (χ4n) is 2.08. The molecule has 1 aromatic rings. The van der Waals surface area contributed by atoms with E-state index in [0.29, 0.717) is 23.7 Å². The molecule has 7 heteroatoms. The maximum absolute atomic E-state index is 12.9. The predicted octanol–water partition coefficient (Wildman–Crippen LogP) is 3.43. The molecule has 0 spiro atoms. The molecule has 0 saturated heterocycles. The predicted molar refractivity (Wildman–Crippen MR) is 86.6 cm³/mol. The summed E-state index contributed by atoms with van der Waals surface area (Å²) >= 11 is 11.9. The summed E-state index contributed by atoms with van der Waals surface area (Å²) in [6.45, 7) is 6.03. The smallest absolute Gasteiger partial charge is 0.243 e. The molecule has 21 heavy (non-hydrogen) atoms. The van der Waals surface area contributed by atoms with Gasteiger partial charge < -0.3 is 4.74 Å². The van der Waals surface area contributed by atoms with Crippen LogP contribution in [0.25, 0.3) is 0 Å². The molecule has 0 amide bonds. The van der Waals surface area contributed by atoms with E-state index in [-0.39, 0.29) is 16.8 Å². The van der Waals surface area contributed by atoms with Crippen LogP contribution in [0.1, 0.15) is 25.0 Å². The largest absolute Gasteiger partial charge is 0.383 e. The number of hydrogen-bond donors (Lipinski definition) is 0. The summed E-state index contributed by atoms with van der Waals surface area (Å²) in [6, 6.07) is 2.99. The third kappa shape index (κ3) is 4.33. The lowest BCUT2D eigenvalue weighted by molar-refractivity contribution is 0.171. The number of sulfonamides is 1. The minimum Gasteiger partial charge on any atom is -0.383 e. The van der Waals surface area contributed by atoms with Crippen molar-refractivity contribution in [1.82, 2.24) is 4.31 Å². The van der Waals surface area contributed by atoms with Crippen molar-refractivity contribution >= 4 is 33.2 Å². The molecule has 120 valence electrons. The van der Waals surface area contributed by atoms with Crippen LogP contribution in [0.15, 0.2) is 17.0 Å². The van der Waals surface area contributed by atoms with Crippen molar-refractivity contribution in [2.75, 3.05) is 20.3 Å². The lowest BCUT2D eigenvalue weighted by Crippen LogP contribution is -2.39. The Bertz CT molecular complexity index is 588. The van der Waals surface area contributed by atoms with Gasteiger partial charge in [0.15, 0.2) is 0 Å². The molecule has 0 unspecified atom stereocenters. The summed E-state index contributed by atoms with van der Waals surface area (Å²) in [5.41, 5.74) is 1.36. The first-order chi connectivity index (χ1) is 9.75. The Morgan fingerprint density at radius 3 is 2.43 bits per heavy atom. The van der Waals surface area contributed by atoms with Crippen LogP contribution >= 0.6 is 23.2 Å². The van der Waals surface area contributed by atoms with Crippen LogP contribution in [0.5, 0.6) is 0 Å². The van der Waals surface area contributed by atoms with E-state index in [1.807, 2.05) is 13.8 Å². The first-order valence-corrected chi connectivity index (χ1v) is 8.96. The third-order valence-corrected chi connectivity index (χ3v) is 5.96. The minimum absolute atomic E-state index is 0.178. The van der Waals surface area contributed by atoms with Gasteiger partial charge in [-0.05, 0) is 44.0 Å². The van der Waals surface area contributed by atoms with Crippen molar-refractivity contribution in [1.29, 1.82) is 0 Å². The molecule has 1 rings (SSSR count). The van der Waals surface area contributed by atoms with Crippen LogP contribution < -0.4 is 0 Å². The lowest BCUT2D eigenvalue weighted by Gasteiger charge is -2.27. The van der Waals surface area contributed by atoms with Crippen LogP contribution in [0.4, 0.5) is 0 Å². The molecule has 0 aliphatic heterocycles. The van der Waals surface area contributed by atoms with Crippen molar-refractivity contribution < 1.29 is 13.2 Å². The third-order valence-electron chi connectivity index (χ3n) is 3.25. The average molecular weight is 354 g/mol. The minimum atomic E-state index is -3.65. The number of nitrogens with zero attached hydrogens (tertiary/aromatic N) is 1. The van der Waals surface area contributed by atoms with Gasteiger partial charge in [0.25, 0.3) is 0 Å². The Balaban J connectivity index is 3.37. The van der Waals surface area contributed by atoms with Gasteiger partial charge in [0.2, 0.25) is 10.0 Å². The highest BCUT2D eigenvalue weighted by atomic mass is 35.5. The summed E-state index contributed by atoms with van der Waals surface area (Å²) in [6.07, 6.45) is 0. The number of alkyl halides is 1. The fourth-order valence-corrected chi connectivity index (χ4v) is 4.58. The van der Waals surface area contributed by atoms with E-state index >= 15 is 0 Å². The molecule has 0 N–H and O–H groups in total. The quantitative estimate of drug-likeness (QED) is 0.705. The number of halogens is 2. The van der Waals surface area contributed by atoms with E-state index in [0.717, 1.165) is 5.56 Å². The SMILES string of the molecule is COCCN(C(C)C)S(=O)(=O)c1cc(Cl)cc(CCl)c1C. The Morgan fingerprint density at radius 2 is 1.95 bits per heavy atom. The van der Waals surface area contributed by atoms with Crippen LogP contribution in [-0.4, -0.2) is 39.0 Å². The van der Waals surface area contributed by atoms with Crippen LogP contribution in [0, 0.1) is 6.92 Å². The second-order valence-corrected chi connectivity index (χ2v) is 7.59. The van der Waals surface area contributed by atoms with Gasteiger partial charge in [0.05, 0.1) is 11.5 Å². The second kappa shape index (κ2) is 7.79. The Hall–Kier alpha value is -0.330. The van der Waals surface area contributed by atoms with E-state index in [2.05, 4.69) is 0 Å². The molecule has 0 atom stereocenters. The van der Waals surface area contributed by atoms with Gasteiger partial charge in [-0.15, -0.1) is 11.6 Å². The van der Waals surface area contributed by atoms with Crippen molar-refractivity contribution in [2.24, 2.45) is 0 Å². The average Bonchev–Trinajstić information content (AvgIpc) is 2.40. The van der Waals surface area contributed by atoms with Gasteiger partial charge >= 0.3 is 0 Å². The zero-order chi connectivity index (χ0) is 16.2. The molecular weight excluding hydrogens is 333 g/mol. The topological polar surface area (TPSA) is 46.6 Å². The zero-order valence-electron chi connectivity index (χ0n) is 12.7. The lowest BCUT2D eigenvalue weighted by atomic mass is 10.1. The summed E-state index contributed by atoms with van der Waals surface area (Å²) in [4.78, 5) is 0.204. The van der Waals surface area contributed by atoms with Crippen molar-refractivity contribution in [3.05, 3.63) is 28.3 Å². The molecule has 0 aromatic heterocycles. The normalized spacial score (nSPS) is 12.4. The summed E-state index contributed by atoms with van der Waals surface area (Å²) in [5, 5.41) is 0.366. The van der Waals surface area contributed by atoms with Gasteiger partial charge in [-0.25, -0.2) is 8.42 Å². The number of methoxy groups -OCH3 is 1. The molecule has 0 fully saturated rings. The van der Waals surface area contributed by atoms with E-state index in [9.17, 15) is 8.42 Å². The number of hydrogen-bond acceptors (Lipinski definition) is 3. The maximum Gasteiger partial charge on any atom is 0.243 e. The number of rotatable bonds is 7. The van der Waals surface area contributed by atoms with Gasteiger partial charge in [0.1, 0.15) is 0 Å². The van der Waals surface area contributed by atoms with E-state index in [4.69, 9.17) is 27.9 Å². The molecular formula is C14H21Cl2NO3S. The highest BCUT2D eigenvalue weighted by molar-refractivity contribution is 7.89. The zero-order valence-corrected chi connectivity index (χ0v) is 15.0. The highest BCUT2D eigenvalue weighted by Crippen LogP contribution is 2.28. The molecule has 0 radical (unpaired) electrons. The highest BCUT2D eigenvalue weighted by Gasteiger charge is 2.29. The summed E-state index contributed by atoms with van der Waals surface area (Å²) in [5.74, 6) is 0.217. The first-order valence-electron chi connectivity index (χ1n) is 6.61. The molecule has 0 bridgehead atoms. The van der Waals surface area contributed by atoms with Crippen LogP contribution in [0.2, 0.25) is 5.02 Å². The molecule has 0 aliphatic carbocycles. The van der Waals surface area contributed by atoms with Gasteiger partial charge in [-0.3, -0.25) is 0 Å². The first kappa shape index (κ1) is 18.7. The van der Waals surface area contributed by atoms with Crippen LogP contribution in [-0.2, 0) is 20.6 Å². The van der Waals surface area contributed by atoms with Gasteiger partial charge in [-0.2, -0.15) is 4.31 Å². The second-order valence-electron chi connectivity index (χ2n) is 5.02. The van der Waals surface area contributed by atoms with E-state index in [1.165, 1.54) is 10.4 Å². The van der Waals surface area contributed by atoms with Gasteiger partial charge in [-0.1, -0.05) is 11.6 Å². The van der Waals surface area contributed by atoms with Crippen LogP contribution in [0.3, 0.4) is 0 Å². The van der Waals surface area contributed by atoms with Gasteiger partial charge in [0, 0.05) is 30.6 Å². The van der Waals surface area contributed by atoms with Crippen molar-refractivity contribution in [3.63, 3.8) is 0 Å². The van der Waals surface area contributed by atoms with Crippen molar-refractivity contribution in [2.45, 2.75) is 37.6 Å². The molecule has 0 saturated carbocycles. The van der Waals surface area contributed by atoms with E-state index < -0.39 is 10.0 Å². The Kier molecular flexibility index (Phi) is 6.94. The number of benzene rings is 1. The maximum atomic E-state index is 12.9. The molecule has 4 nitrogen and oxygen atoms in total. The molecule has 0 heterocycles. The Labute approximate surface area is 137 Å². The fraction of sp³-hybridized carbons (Fsp3) is 0.571. The van der Waals surface area contributed by atoms with Crippen molar-refractivity contribution in [3.8, 4) is 0 Å². The monoisotopic (exact) mass is 353 g/mol. The summed E-state index contributed by atoms with van der Waals surface area (Å²) in [7, 11) is -2.11. The number of ether oxygens (including phenoxy) is 1. The molecule has 0 aliphatic rings. The standard InChI is InChI=1S/C14H21Cl2NO3S/c1-10(2)17(5-6-20-4)21(18,19)14-8-13(16)7-12(9-15)11(14)3/h7-8,10H,5-6,9H2,1-4H3. The van der Waals surface area contributed by atoms with E-state index in [1.54, 1.807) is 20.1 Å².